The summed E-state index contributed by atoms with van der Waals surface area (Å²) in [6.45, 7) is 1.85. The van der Waals surface area contributed by atoms with Gasteiger partial charge in [0.25, 0.3) is 5.56 Å². The molecule has 0 N–H and O–H groups in total. The highest BCUT2D eigenvalue weighted by atomic mass is 16.2. The normalized spacial score (nSPS) is 14.1. The summed E-state index contributed by atoms with van der Waals surface area (Å²) < 4.78 is 2.53. The maximum absolute atomic E-state index is 11.7. The van der Waals surface area contributed by atoms with Crippen molar-refractivity contribution in [3.05, 3.63) is 26.4 Å². The SMILES string of the molecule is CC1=Nc2c(c(=O)n(C)c(=O)n2C)C1. The molecule has 0 saturated carbocycles. The summed E-state index contributed by atoms with van der Waals surface area (Å²) in [5.74, 6) is 0.510. The Kier molecular flexibility index (Phi) is 1.70. The standard InChI is InChI=1S/C9H11N3O2/c1-5-4-6-7(10-5)11(2)9(14)12(3)8(6)13/h4H2,1-3H3. The van der Waals surface area contributed by atoms with Crippen molar-refractivity contribution in [2.45, 2.75) is 13.3 Å². The largest absolute Gasteiger partial charge is 0.332 e. The highest BCUT2D eigenvalue weighted by Gasteiger charge is 2.20. The van der Waals surface area contributed by atoms with Crippen molar-refractivity contribution in [3.8, 4) is 0 Å². The summed E-state index contributed by atoms with van der Waals surface area (Å²) in [5.41, 5.74) is 0.932. The Bertz CT molecular complexity index is 548. The summed E-state index contributed by atoms with van der Waals surface area (Å²) >= 11 is 0. The molecule has 0 bridgehead atoms. The maximum Gasteiger partial charge on any atom is 0.332 e. The van der Waals surface area contributed by atoms with Crippen molar-refractivity contribution in [2.24, 2.45) is 19.1 Å². The number of rotatable bonds is 0. The van der Waals surface area contributed by atoms with Gasteiger partial charge in [-0.2, -0.15) is 0 Å². The molecule has 0 aliphatic carbocycles. The van der Waals surface area contributed by atoms with Gasteiger partial charge in [0.1, 0.15) is 5.82 Å². The Hall–Kier alpha value is -1.65. The van der Waals surface area contributed by atoms with Gasteiger partial charge in [0, 0.05) is 26.2 Å². The van der Waals surface area contributed by atoms with Crippen LogP contribution < -0.4 is 11.2 Å². The molecular weight excluding hydrogens is 182 g/mol. The van der Waals surface area contributed by atoms with E-state index in [2.05, 4.69) is 4.99 Å². The van der Waals surface area contributed by atoms with Crippen LogP contribution in [0.4, 0.5) is 5.82 Å². The van der Waals surface area contributed by atoms with Crippen LogP contribution in [0, 0.1) is 0 Å². The van der Waals surface area contributed by atoms with Gasteiger partial charge >= 0.3 is 5.69 Å². The van der Waals surface area contributed by atoms with E-state index in [-0.39, 0.29) is 11.2 Å². The lowest BCUT2D eigenvalue weighted by Gasteiger charge is -2.05. The fraction of sp³-hybridized carbons (Fsp3) is 0.444. The van der Waals surface area contributed by atoms with Gasteiger partial charge in [0.2, 0.25) is 0 Å². The fourth-order valence-electron chi connectivity index (χ4n) is 1.68. The van der Waals surface area contributed by atoms with E-state index in [4.69, 9.17) is 0 Å². The molecule has 1 aromatic heterocycles. The Morgan fingerprint density at radius 1 is 1.21 bits per heavy atom. The molecule has 1 aliphatic rings. The lowest BCUT2D eigenvalue weighted by Crippen LogP contribution is -2.38. The van der Waals surface area contributed by atoms with E-state index in [0.29, 0.717) is 17.8 Å². The maximum atomic E-state index is 11.7. The Balaban J connectivity index is 2.92. The highest BCUT2D eigenvalue weighted by molar-refractivity contribution is 5.91. The Labute approximate surface area is 80.3 Å². The second-order valence-electron chi connectivity index (χ2n) is 3.53. The van der Waals surface area contributed by atoms with Crippen LogP contribution in [0.2, 0.25) is 0 Å². The molecule has 2 rings (SSSR count). The monoisotopic (exact) mass is 193 g/mol. The van der Waals surface area contributed by atoms with E-state index in [1.54, 1.807) is 7.05 Å². The average Bonchev–Trinajstić information content (AvgIpc) is 2.54. The summed E-state index contributed by atoms with van der Waals surface area (Å²) in [5, 5.41) is 0. The first kappa shape index (κ1) is 8.93. The van der Waals surface area contributed by atoms with Crippen molar-refractivity contribution < 1.29 is 0 Å². The zero-order valence-corrected chi connectivity index (χ0v) is 8.37. The molecule has 0 radical (unpaired) electrons. The van der Waals surface area contributed by atoms with Crippen LogP contribution in [-0.2, 0) is 20.5 Å². The fourth-order valence-corrected chi connectivity index (χ4v) is 1.68. The number of hydrogen-bond acceptors (Lipinski definition) is 3. The van der Waals surface area contributed by atoms with Crippen LogP contribution in [-0.4, -0.2) is 14.8 Å². The third-order valence-corrected chi connectivity index (χ3v) is 2.45. The van der Waals surface area contributed by atoms with Crippen molar-refractivity contribution in [1.29, 1.82) is 0 Å². The topological polar surface area (TPSA) is 56.4 Å². The first-order valence-corrected chi connectivity index (χ1v) is 4.35. The highest BCUT2D eigenvalue weighted by Crippen LogP contribution is 2.20. The van der Waals surface area contributed by atoms with Crippen molar-refractivity contribution >= 4 is 11.5 Å². The summed E-state index contributed by atoms with van der Waals surface area (Å²) in [6.07, 6.45) is 0.552. The molecule has 1 aliphatic heterocycles. The van der Waals surface area contributed by atoms with Crippen LogP contribution in [0.3, 0.4) is 0 Å². The van der Waals surface area contributed by atoms with E-state index < -0.39 is 0 Å². The van der Waals surface area contributed by atoms with E-state index in [1.807, 2.05) is 6.92 Å². The Morgan fingerprint density at radius 2 is 1.86 bits per heavy atom. The molecule has 2 heterocycles. The lowest BCUT2D eigenvalue weighted by atomic mass is 10.2. The molecule has 0 atom stereocenters. The van der Waals surface area contributed by atoms with E-state index in [1.165, 1.54) is 11.6 Å². The molecule has 74 valence electrons. The smallest absolute Gasteiger partial charge is 0.281 e. The molecule has 0 spiro atoms. The Morgan fingerprint density at radius 3 is 2.50 bits per heavy atom. The van der Waals surface area contributed by atoms with Gasteiger partial charge in [-0.05, 0) is 6.92 Å². The second-order valence-corrected chi connectivity index (χ2v) is 3.53. The number of aromatic nitrogens is 2. The zero-order valence-electron chi connectivity index (χ0n) is 8.37. The average molecular weight is 193 g/mol. The van der Waals surface area contributed by atoms with Crippen molar-refractivity contribution in [3.63, 3.8) is 0 Å². The number of aliphatic imine (C=N–C) groups is 1. The predicted molar refractivity (Wildman–Crippen MR) is 53.4 cm³/mol. The molecule has 5 heteroatoms. The van der Waals surface area contributed by atoms with Crippen LogP contribution >= 0.6 is 0 Å². The number of nitrogens with zero attached hydrogens (tertiary/aromatic N) is 3. The van der Waals surface area contributed by atoms with Gasteiger partial charge in [-0.25, -0.2) is 9.79 Å². The zero-order chi connectivity index (χ0) is 10.5. The molecule has 0 unspecified atom stereocenters. The minimum absolute atomic E-state index is 0.233. The van der Waals surface area contributed by atoms with Crippen molar-refractivity contribution in [2.75, 3.05) is 0 Å². The lowest BCUT2D eigenvalue weighted by molar-refractivity contribution is 0.682. The van der Waals surface area contributed by atoms with Gasteiger partial charge in [0.15, 0.2) is 0 Å². The molecule has 0 amide bonds. The van der Waals surface area contributed by atoms with Gasteiger partial charge in [0.05, 0.1) is 5.56 Å². The van der Waals surface area contributed by atoms with Gasteiger partial charge in [-0.1, -0.05) is 0 Å². The van der Waals surface area contributed by atoms with Crippen LogP contribution in [0.15, 0.2) is 14.6 Å². The van der Waals surface area contributed by atoms with Crippen LogP contribution in [0.5, 0.6) is 0 Å². The molecule has 1 aromatic rings. The summed E-state index contributed by atoms with van der Waals surface area (Å²) in [4.78, 5) is 27.3. The van der Waals surface area contributed by atoms with E-state index in [0.717, 1.165) is 10.3 Å². The quantitative estimate of drug-likeness (QED) is 0.569. The molecule has 0 fully saturated rings. The van der Waals surface area contributed by atoms with Crippen LogP contribution in [0.25, 0.3) is 0 Å². The third kappa shape index (κ3) is 0.982. The minimum atomic E-state index is -0.327. The number of fused-ring (bicyclic) bond motifs is 1. The molecule has 5 nitrogen and oxygen atoms in total. The first-order chi connectivity index (χ1) is 6.52. The second kappa shape index (κ2) is 2.67. The molecule has 14 heavy (non-hydrogen) atoms. The molecule has 0 aromatic carbocycles. The molecular formula is C9H11N3O2. The first-order valence-electron chi connectivity index (χ1n) is 4.35. The molecule has 0 saturated heterocycles. The van der Waals surface area contributed by atoms with E-state index >= 15 is 0 Å². The van der Waals surface area contributed by atoms with Gasteiger partial charge in [-0.15, -0.1) is 0 Å². The van der Waals surface area contributed by atoms with E-state index in [9.17, 15) is 9.59 Å². The summed E-state index contributed by atoms with van der Waals surface area (Å²) in [7, 11) is 3.11. The number of hydrogen-bond donors (Lipinski definition) is 0. The van der Waals surface area contributed by atoms with Gasteiger partial charge < -0.3 is 0 Å². The minimum Gasteiger partial charge on any atom is -0.281 e. The van der Waals surface area contributed by atoms with Crippen molar-refractivity contribution in [1.82, 2.24) is 9.13 Å². The third-order valence-electron chi connectivity index (χ3n) is 2.45. The van der Waals surface area contributed by atoms with Gasteiger partial charge in [-0.3, -0.25) is 13.9 Å². The predicted octanol–water partition coefficient (Wildman–Crippen LogP) is -0.268. The summed E-state index contributed by atoms with van der Waals surface area (Å²) in [6, 6.07) is 0. The van der Waals surface area contributed by atoms with Crippen LogP contribution in [0.1, 0.15) is 12.5 Å².